The third-order valence-electron chi connectivity index (χ3n) is 5.68. The Morgan fingerprint density at radius 3 is 2.21 bits per heavy atom. The van der Waals surface area contributed by atoms with E-state index in [1.165, 1.54) is 25.8 Å². The minimum Gasteiger partial charge on any atom is -0.379 e. The van der Waals surface area contributed by atoms with Crippen LogP contribution in [0.4, 0.5) is 0 Å². The van der Waals surface area contributed by atoms with E-state index < -0.39 is 0 Å². The number of hydrazine groups is 1. The topological polar surface area (TPSA) is 67.6 Å². The van der Waals surface area contributed by atoms with Crippen molar-refractivity contribution in [2.75, 3.05) is 32.8 Å². The van der Waals surface area contributed by atoms with Gasteiger partial charge in [0.2, 0.25) is 5.91 Å². The second kappa shape index (κ2) is 5.04. The number of nitrogens with zero attached hydrogens (tertiary/aromatic N) is 1. The van der Waals surface area contributed by atoms with Crippen LogP contribution in [0.15, 0.2) is 0 Å². The van der Waals surface area contributed by atoms with Gasteiger partial charge in [0.25, 0.3) is 0 Å². The first-order valence-electron chi connectivity index (χ1n) is 7.49. The molecule has 3 N–H and O–H groups in total. The molecule has 0 atom stereocenters. The van der Waals surface area contributed by atoms with Crippen LogP contribution in [-0.4, -0.2) is 43.7 Å². The van der Waals surface area contributed by atoms with Crippen molar-refractivity contribution < 1.29 is 9.53 Å². The summed E-state index contributed by atoms with van der Waals surface area (Å²) in [6.45, 7) is 5.06. The van der Waals surface area contributed by atoms with E-state index in [4.69, 9.17) is 10.6 Å². The summed E-state index contributed by atoms with van der Waals surface area (Å²) in [5.74, 6) is 5.40. The van der Waals surface area contributed by atoms with Crippen LogP contribution in [-0.2, 0) is 9.53 Å². The lowest BCUT2D eigenvalue weighted by Crippen LogP contribution is -2.55. The standard InChI is InChI=1S/C14H25N3O2/c15-16-12(18)14-4-1-13(2-5-14,3-6-14)11-17-7-9-19-10-8-17/h1-11,15H2,(H,16,18). The summed E-state index contributed by atoms with van der Waals surface area (Å²) < 4.78 is 5.42. The zero-order valence-corrected chi connectivity index (χ0v) is 11.6. The minimum absolute atomic E-state index is 0.0622. The third-order valence-corrected chi connectivity index (χ3v) is 5.68. The molecule has 3 aliphatic carbocycles. The highest BCUT2D eigenvalue weighted by Crippen LogP contribution is 2.57. The Labute approximate surface area is 114 Å². The summed E-state index contributed by atoms with van der Waals surface area (Å²) >= 11 is 0. The van der Waals surface area contributed by atoms with Crippen molar-refractivity contribution in [1.82, 2.24) is 10.3 Å². The summed E-state index contributed by atoms with van der Waals surface area (Å²) in [5, 5.41) is 0. The van der Waals surface area contributed by atoms with Gasteiger partial charge in [0.1, 0.15) is 0 Å². The number of amides is 1. The van der Waals surface area contributed by atoms with Gasteiger partial charge in [-0.05, 0) is 43.9 Å². The van der Waals surface area contributed by atoms with Gasteiger partial charge in [-0.3, -0.25) is 15.1 Å². The van der Waals surface area contributed by atoms with Crippen LogP contribution < -0.4 is 11.3 Å². The molecule has 19 heavy (non-hydrogen) atoms. The SMILES string of the molecule is NNC(=O)C12CCC(CN3CCOCC3)(CC1)CC2. The lowest BCUT2D eigenvalue weighted by Gasteiger charge is -2.53. The fourth-order valence-electron chi connectivity index (χ4n) is 4.23. The van der Waals surface area contributed by atoms with Gasteiger partial charge in [0.05, 0.1) is 18.6 Å². The molecule has 0 radical (unpaired) electrons. The van der Waals surface area contributed by atoms with Crippen molar-refractivity contribution >= 4 is 5.91 Å². The van der Waals surface area contributed by atoms with E-state index in [2.05, 4.69) is 10.3 Å². The highest BCUT2D eigenvalue weighted by molar-refractivity contribution is 5.82. The molecule has 1 saturated heterocycles. The molecular formula is C14H25N3O2. The van der Waals surface area contributed by atoms with Gasteiger partial charge in [-0.1, -0.05) is 0 Å². The van der Waals surface area contributed by atoms with Crippen molar-refractivity contribution in [1.29, 1.82) is 0 Å². The second-order valence-electron chi connectivity index (χ2n) is 6.64. The molecule has 4 aliphatic rings. The molecule has 1 heterocycles. The van der Waals surface area contributed by atoms with Gasteiger partial charge in [-0.15, -0.1) is 0 Å². The van der Waals surface area contributed by atoms with Gasteiger partial charge in [-0.2, -0.15) is 0 Å². The summed E-state index contributed by atoms with van der Waals surface area (Å²) in [7, 11) is 0. The summed E-state index contributed by atoms with van der Waals surface area (Å²) in [5.41, 5.74) is 2.68. The molecule has 108 valence electrons. The predicted molar refractivity (Wildman–Crippen MR) is 72.2 cm³/mol. The predicted octanol–water partition coefficient (Wildman–Crippen LogP) is 0.649. The molecular weight excluding hydrogens is 242 g/mol. The Morgan fingerprint density at radius 1 is 1.11 bits per heavy atom. The molecule has 3 saturated carbocycles. The number of rotatable bonds is 3. The highest BCUT2D eigenvalue weighted by Gasteiger charge is 2.52. The van der Waals surface area contributed by atoms with Crippen LogP contribution in [0, 0.1) is 10.8 Å². The molecule has 0 unspecified atom stereocenters. The molecule has 5 nitrogen and oxygen atoms in total. The zero-order valence-electron chi connectivity index (χ0n) is 11.6. The normalized spacial score (nSPS) is 39.2. The molecule has 1 amide bonds. The second-order valence-corrected chi connectivity index (χ2v) is 6.64. The highest BCUT2D eigenvalue weighted by atomic mass is 16.5. The lowest BCUT2D eigenvalue weighted by molar-refractivity contribution is -0.141. The zero-order chi connectivity index (χ0) is 13.3. The smallest absolute Gasteiger partial charge is 0.240 e. The number of morpholine rings is 1. The molecule has 5 heteroatoms. The first kappa shape index (κ1) is 13.3. The monoisotopic (exact) mass is 267 g/mol. The minimum atomic E-state index is -0.151. The summed E-state index contributed by atoms with van der Waals surface area (Å²) in [6.07, 6.45) is 6.58. The first-order valence-corrected chi connectivity index (χ1v) is 7.49. The van der Waals surface area contributed by atoms with Crippen molar-refractivity contribution in [3.05, 3.63) is 0 Å². The van der Waals surface area contributed by atoms with Gasteiger partial charge < -0.3 is 4.74 Å². The number of fused-ring (bicyclic) bond motifs is 3. The Hall–Kier alpha value is -0.650. The maximum Gasteiger partial charge on any atom is 0.240 e. The van der Waals surface area contributed by atoms with Crippen LogP contribution in [0.1, 0.15) is 38.5 Å². The van der Waals surface area contributed by atoms with Gasteiger partial charge in [-0.25, -0.2) is 5.84 Å². The van der Waals surface area contributed by atoms with E-state index in [0.29, 0.717) is 5.41 Å². The molecule has 1 aliphatic heterocycles. The molecule has 0 aromatic heterocycles. The lowest BCUT2D eigenvalue weighted by atomic mass is 9.53. The van der Waals surface area contributed by atoms with Crippen LogP contribution in [0.5, 0.6) is 0 Å². The number of hydrogen-bond acceptors (Lipinski definition) is 4. The number of ether oxygens (including phenoxy) is 1. The largest absolute Gasteiger partial charge is 0.379 e. The molecule has 0 spiro atoms. The summed E-state index contributed by atoms with van der Waals surface area (Å²) in [4.78, 5) is 14.5. The number of nitrogens with one attached hydrogen (secondary N) is 1. The van der Waals surface area contributed by atoms with E-state index in [1.54, 1.807) is 0 Å². The maximum absolute atomic E-state index is 12.0. The van der Waals surface area contributed by atoms with E-state index in [9.17, 15) is 4.79 Å². The summed E-state index contributed by atoms with van der Waals surface area (Å²) in [6, 6.07) is 0. The van der Waals surface area contributed by atoms with E-state index in [-0.39, 0.29) is 11.3 Å². The number of nitrogens with two attached hydrogens (primary N) is 1. The fourth-order valence-corrected chi connectivity index (χ4v) is 4.23. The molecule has 0 aromatic rings. The van der Waals surface area contributed by atoms with Gasteiger partial charge >= 0.3 is 0 Å². The van der Waals surface area contributed by atoms with Crippen molar-refractivity contribution in [2.45, 2.75) is 38.5 Å². The average molecular weight is 267 g/mol. The van der Waals surface area contributed by atoms with Crippen LogP contribution in [0.2, 0.25) is 0 Å². The Balaban J connectivity index is 1.62. The Bertz CT molecular complexity index is 328. The van der Waals surface area contributed by atoms with E-state index in [0.717, 1.165) is 45.6 Å². The fraction of sp³-hybridized carbons (Fsp3) is 0.929. The molecule has 4 fully saturated rings. The number of carbonyl (C=O) groups is 1. The maximum atomic E-state index is 12.0. The molecule has 2 bridgehead atoms. The molecule has 4 rings (SSSR count). The number of carbonyl (C=O) groups excluding carboxylic acids is 1. The van der Waals surface area contributed by atoms with Crippen molar-refractivity contribution in [2.24, 2.45) is 16.7 Å². The van der Waals surface area contributed by atoms with Crippen molar-refractivity contribution in [3.63, 3.8) is 0 Å². The Kier molecular flexibility index (Phi) is 3.53. The van der Waals surface area contributed by atoms with Crippen molar-refractivity contribution in [3.8, 4) is 0 Å². The van der Waals surface area contributed by atoms with Gasteiger partial charge in [0, 0.05) is 19.6 Å². The van der Waals surface area contributed by atoms with Crippen LogP contribution in [0.3, 0.4) is 0 Å². The van der Waals surface area contributed by atoms with Gasteiger partial charge in [0.15, 0.2) is 0 Å². The van der Waals surface area contributed by atoms with E-state index >= 15 is 0 Å². The average Bonchev–Trinajstić information content (AvgIpc) is 2.49. The Morgan fingerprint density at radius 2 is 1.68 bits per heavy atom. The van der Waals surface area contributed by atoms with Crippen LogP contribution >= 0.6 is 0 Å². The quantitative estimate of drug-likeness (QED) is 0.447. The van der Waals surface area contributed by atoms with Crippen LogP contribution in [0.25, 0.3) is 0 Å². The number of hydrogen-bond donors (Lipinski definition) is 2. The first-order chi connectivity index (χ1) is 9.18. The third kappa shape index (κ3) is 2.39. The van der Waals surface area contributed by atoms with E-state index in [1.807, 2.05) is 0 Å². The molecule has 0 aromatic carbocycles.